The van der Waals surface area contributed by atoms with Crippen LogP contribution in [0.25, 0.3) is 0 Å². The Hall–Kier alpha value is -2.87. The quantitative estimate of drug-likeness (QED) is 0.612. The Bertz CT molecular complexity index is 1180. The van der Waals surface area contributed by atoms with E-state index in [2.05, 4.69) is 9.82 Å². The minimum atomic E-state index is -4.53. The lowest BCUT2D eigenvalue weighted by Gasteiger charge is -2.34. The average Bonchev–Trinajstić information content (AvgIpc) is 3.41. The van der Waals surface area contributed by atoms with Gasteiger partial charge < -0.3 is 9.80 Å². The summed E-state index contributed by atoms with van der Waals surface area (Å²) in [5.74, 6) is 0.0367. The number of sulfonamides is 1. The van der Waals surface area contributed by atoms with Gasteiger partial charge in [-0.05, 0) is 24.1 Å². The number of nitrogens with zero attached hydrogens (tertiary/aromatic N) is 5. The summed E-state index contributed by atoms with van der Waals surface area (Å²) in [5, 5.41) is 3.94. The van der Waals surface area contributed by atoms with Crippen LogP contribution >= 0.6 is 0 Å². The molecule has 3 heterocycles. The molecular weight excluding hydrogens is 492 g/mol. The number of alkyl halides is 4. The van der Waals surface area contributed by atoms with Crippen LogP contribution in [0, 0.1) is 0 Å². The molecular formula is C21H26F4N6O3S. The molecule has 1 N–H and O–H groups in total. The maximum atomic E-state index is 13.7. The van der Waals surface area contributed by atoms with E-state index in [4.69, 9.17) is 0 Å². The zero-order valence-electron chi connectivity index (χ0n) is 19.0. The Balaban J connectivity index is 1.38. The van der Waals surface area contributed by atoms with Gasteiger partial charge in [-0.25, -0.2) is 17.6 Å². The van der Waals surface area contributed by atoms with E-state index in [1.54, 1.807) is 4.90 Å². The van der Waals surface area contributed by atoms with Crippen molar-refractivity contribution in [2.75, 3.05) is 55.1 Å². The molecule has 1 atom stereocenters. The van der Waals surface area contributed by atoms with Crippen LogP contribution in [0.1, 0.15) is 17.5 Å². The number of hydrogen-bond acceptors (Lipinski definition) is 6. The van der Waals surface area contributed by atoms with E-state index in [1.165, 1.54) is 29.3 Å². The standard InChI is InChI=1S/C21H26F4N6O3S/c1-35(33,34)27-19-5-7-31(26-19)20(32)29-10-8-28(9-11-29)13-15-2-3-17(21(23,24)25)18(12-15)30-6-4-16(22)14-30/h2-3,5,7,12,16H,4,6,8-11,13-14H2,1H3,(H,26,27)/t16-/m0/s1. The number of anilines is 2. The van der Waals surface area contributed by atoms with Crippen molar-refractivity contribution in [3.05, 3.63) is 41.6 Å². The lowest BCUT2D eigenvalue weighted by atomic mass is 10.1. The zero-order valence-corrected chi connectivity index (χ0v) is 19.8. The fraction of sp³-hybridized carbons (Fsp3) is 0.524. The molecule has 1 aromatic heterocycles. The van der Waals surface area contributed by atoms with Crippen LogP contribution in [0.15, 0.2) is 30.5 Å². The number of benzene rings is 1. The van der Waals surface area contributed by atoms with Crippen molar-refractivity contribution < 1.29 is 30.8 Å². The number of rotatable bonds is 5. The van der Waals surface area contributed by atoms with E-state index in [0.29, 0.717) is 38.3 Å². The van der Waals surface area contributed by atoms with Gasteiger partial charge in [0.1, 0.15) is 6.17 Å². The largest absolute Gasteiger partial charge is 0.418 e. The van der Waals surface area contributed by atoms with Gasteiger partial charge >= 0.3 is 12.2 Å². The molecule has 1 amide bonds. The molecule has 1 aromatic carbocycles. The Morgan fingerprint density at radius 3 is 2.46 bits per heavy atom. The predicted octanol–water partition coefficient (Wildman–Crippen LogP) is 2.61. The summed E-state index contributed by atoms with van der Waals surface area (Å²) >= 11 is 0. The van der Waals surface area contributed by atoms with E-state index >= 15 is 0 Å². The Kier molecular flexibility index (Phi) is 6.95. The minimum Gasteiger partial charge on any atom is -0.368 e. The van der Waals surface area contributed by atoms with Crippen LogP contribution in [0.2, 0.25) is 0 Å². The zero-order chi connectivity index (χ0) is 25.4. The second-order valence-electron chi connectivity index (χ2n) is 8.75. The van der Waals surface area contributed by atoms with Crippen LogP contribution in [-0.4, -0.2) is 85.7 Å². The highest BCUT2D eigenvalue weighted by Gasteiger charge is 2.36. The molecule has 35 heavy (non-hydrogen) atoms. The first kappa shape index (κ1) is 25.2. The number of amides is 1. The van der Waals surface area contributed by atoms with Gasteiger partial charge in [0, 0.05) is 63.8 Å². The van der Waals surface area contributed by atoms with Gasteiger partial charge in [0.05, 0.1) is 11.8 Å². The summed E-state index contributed by atoms with van der Waals surface area (Å²) in [4.78, 5) is 17.7. The van der Waals surface area contributed by atoms with E-state index in [0.717, 1.165) is 17.0 Å². The first-order valence-electron chi connectivity index (χ1n) is 11.0. The second-order valence-corrected chi connectivity index (χ2v) is 10.5. The Labute approximate surface area is 200 Å². The van der Waals surface area contributed by atoms with Crippen molar-refractivity contribution in [2.24, 2.45) is 0 Å². The topological polar surface area (TPSA) is 90.8 Å². The highest BCUT2D eigenvalue weighted by molar-refractivity contribution is 7.92. The van der Waals surface area contributed by atoms with Crippen LogP contribution in [0.4, 0.5) is 33.9 Å². The molecule has 2 aromatic rings. The lowest BCUT2D eigenvalue weighted by Crippen LogP contribution is -2.49. The van der Waals surface area contributed by atoms with Gasteiger partial charge in [0.2, 0.25) is 10.0 Å². The van der Waals surface area contributed by atoms with Crippen molar-refractivity contribution in [3.8, 4) is 0 Å². The normalized spacial score (nSPS) is 19.9. The summed E-state index contributed by atoms with van der Waals surface area (Å²) in [5.41, 5.74) is -0.0884. The predicted molar refractivity (Wildman–Crippen MR) is 122 cm³/mol. The van der Waals surface area contributed by atoms with Crippen LogP contribution in [0.5, 0.6) is 0 Å². The van der Waals surface area contributed by atoms with E-state index in [-0.39, 0.29) is 31.0 Å². The molecule has 0 saturated carbocycles. The SMILES string of the molecule is CS(=O)(=O)Nc1ccn(C(=O)N2CCN(Cc3ccc(C(F)(F)F)c(N4CC[C@H](F)C4)c3)CC2)n1. The van der Waals surface area contributed by atoms with Crippen molar-refractivity contribution in [1.82, 2.24) is 19.6 Å². The van der Waals surface area contributed by atoms with Gasteiger partial charge in [-0.2, -0.15) is 17.9 Å². The molecule has 4 rings (SSSR count). The summed E-state index contributed by atoms with van der Waals surface area (Å²) in [6, 6.07) is 4.95. The van der Waals surface area contributed by atoms with Gasteiger partial charge in [-0.1, -0.05) is 6.07 Å². The van der Waals surface area contributed by atoms with Gasteiger partial charge in [-0.15, -0.1) is 5.10 Å². The van der Waals surface area contributed by atoms with Gasteiger partial charge in [0.15, 0.2) is 5.82 Å². The summed E-state index contributed by atoms with van der Waals surface area (Å²) in [6.07, 6.45) is -3.11. The van der Waals surface area contributed by atoms with Crippen molar-refractivity contribution >= 4 is 27.6 Å². The molecule has 0 unspecified atom stereocenters. The summed E-state index contributed by atoms with van der Waals surface area (Å²) in [6.45, 7) is 2.31. The average molecular weight is 519 g/mol. The number of nitrogens with one attached hydrogen (secondary N) is 1. The molecule has 0 aliphatic carbocycles. The maximum Gasteiger partial charge on any atom is 0.418 e. The number of carbonyl (C=O) groups excluding carboxylic acids is 1. The molecule has 2 aliphatic heterocycles. The molecule has 9 nitrogen and oxygen atoms in total. The van der Waals surface area contributed by atoms with Gasteiger partial charge in [0.25, 0.3) is 0 Å². The molecule has 0 radical (unpaired) electrons. The van der Waals surface area contributed by atoms with Gasteiger partial charge in [-0.3, -0.25) is 9.62 Å². The third kappa shape index (κ3) is 6.23. The monoisotopic (exact) mass is 518 g/mol. The molecule has 2 saturated heterocycles. The number of halogens is 4. The van der Waals surface area contributed by atoms with E-state index in [9.17, 15) is 30.8 Å². The Morgan fingerprint density at radius 1 is 1.14 bits per heavy atom. The number of carbonyl (C=O) groups is 1. The first-order chi connectivity index (χ1) is 16.4. The molecule has 2 fully saturated rings. The highest BCUT2D eigenvalue weighted by atomic mass is 32.2. The fourth-order valence-electron chi connectivity index (χ4n) is 4.29. The van der Waals surface area contributed by atoms with Crippen LogP contribution in [0.3, 0.4) is 0 Å². The molecule has 0 bridgehead atoms. The van der Waals surface area contributed by atoms with E-state index in [1.807, 2.05) is 4.90 Å². The number of aromatic nitrogens is 2. The lowest BCUT2D eigenvalue weighted by molar-refractivity contribution is -0.137. The number of hydrogen-bond donors (Lipinski definition) is 1. The molecule has 0 spiro atoms. The fourth-order valence-corrected chi connectivity index (χ4v) is 4.78. The molecule has 2 aliphatic rings. The van der Waals surface area contributed by atoms with Crippen LogP contribution < -0.4 is 9.62 Å². The minimum absolute atomic E-state index is 0.00107. The van der Waals surface area contributed by atoms with Crippen molar-refractivity contribution in [3.63, 3.8) is 0 Å². The van der Waals surface area contributed by atoms with Crippen molar-refractivity contribution in [1.29, 1.82) is 0 Å². The highest BCUT2D eigenvalue weighted by Crippen LogP contribution is 2.38. The van der Waals surface area contributed by atoms with Crippen LogP contribution in [-0.2, 0) is 22.7 Å². The smallest absolute Gasteiger partial charge is 0.368 e. The molecule has 192 valence electrons. The summed E-state index contributed by atoms with van der Waals surface area (Å²) < 4.78 is 80.1. The maximum absolute atomic E-state index is 13.7. The Morgan fingerprint density at radius 2 is 1.86 bits per heavy atom. The summed E-state index contributed by atoms with van der Waals surface area (Å²) in [7, 11) is -3.52. The first-order valence-corrected chi connectivity index (χ1v) is 12.9. The second kappa shape index (κ2) is 9.64. The van der Waals surface area contributed by atoms with Crippen molar-refractivity contribution in [2.45, 2.75) is 25.3 Å². The molecule has 14 heteroatoms. The third-order valence-electron chi connectivity index (χ3n) is 5.96. The third-order valence-corrected chi connectivity index (χ3v) is 6.54. The number of piperazine rings is 1. The van der Waals surface area contributed by atoms with E-state index < -0.39 is 34.0 Å².